The summed E-state index contributed by atoms with van der Waals surface area (Å²) in [6.45, 7) is 3.26. The van der Waals surface area contributed by atoms with Crippen molar-refractivity contribution < 1.29 is 14.1 Å². The zero-order valence-electron chi connectivity index (χ0n) is 18.4. The van der Waals surface area contributed by atoms with E-state index in [0.29, 0.717) is 43.1 Å². The number of piperidine rings is 1. The van der Waals surface area contributed by atoms with Crippen molar-refractivity contribution in [3.8, 4) is 0 Å². The van der Waals surface area contributed by atoms with E-state index in [4.69, 9.17) is 9.51 Å². The predicted octanol–water partition coefficient (Wildman–Crippen LogP) is 2.51. The summed E-state index contributed by atoms with van der Waals surface area (Å²) in [5.41, 5.74) is 1.76. The number of hydrogen-bond donors (Lipinski definition) is 1. The quantitative estimate of drug-likeness (QED) is 0.786. The van der Waals surface area contributed by atoms with Gasteiger partial charge in [0.05, 0.1) is 29.5 Å². The Morgan fingerprint density at radius 2 is 1.91 bits per heavy atom. The molecule has 0 radical (unpaired) electrons. The number of carbonyl (C=O) groups is 2. The molecule has 5 rings (SSSR count). The monoisotopic (exact) mass is 439 g/mol. The molecule has 1 saturated carbocycles. The number of nitrogens with zero attached hydrogens (tertiary/aromatic N) is 4. The highest BCUT2D eigenvalue weighted by atomic mass is 16.5. The molecule has 1 aliphatic carbocycles. The number of carbonyl (C=O) groups excluding carboxylic acids is 2. The fraction of sp³-hybridized carbons (Fsp3) is 0.609. The summed E-state index contributed by atoms with van der Waals surface area (Å²) in [7, 11) is 0. The maximum absolute atomic E-state index is 13.0. The first-order valence-electron chi connectivity index (χ1n) is 11.7. The molecule has 9 heteroatoms. The Balaban J connectivity index is 1.39. The van der Waals surface area contributed by atoms with Crippen LogP contribution in [0.4, 0.5) is 0 Å². The number of aromatic amines is 1. The molecule has 170 valence electrons. The maximum atomic E-state index is 13.0. The summed E-state index contributed by atoms with van der Waals surface area (Å²) in [5, 5.41) is 3.82. The molecule has 1 unspecified atom stereocenters. The molecule has 0 aromatic carbocycles. The van der Waals surface area contributed by atoms with E-state index < -0.39 is 0 Å². The third-order valence-electron chi connectivity index (χ3n) is 7.02. The Labute approximate surface area is 186 Å². The Kier molecular flexibility index (Phi) is 5.57. The van der Waals surface area contributed by atoms with Crippen molar-refractivity contribution in [3.05, 3.63) is 45.0 Å². The fourth-order valence-corrected chi connectivity index (χ4v) is 5.29. The Morgan fingerprint density at radius 3 is 2.66 bits per heavy atom. The van der Waals surface area contributed by atoms with Gasteiger partial charge in [-0.1, -0.05) is 18.0 Å². The van der Waals surface area contributed by atoms with Crippen molar-refractivity contribution in [2.75, 3.05) is 13.1 Å². The number of hydrogen-bond acceptors (Lipinski definition) is 6. The molecule has 1 N–H and O–H groups in total. The van der Waals surface area contributed by atoms with E-state index in [1.807, 2.05) is 4.90 Å². The number of amides is 2. The highest BCUT2D eigenvalue weighted by Crippen LogP contribution is 2.32. The van der Waals surface area contributed by atoms with Crippen molar-refractivity contribution >= 4 is 11.8 Å². The SMILES string of the molecule is Cc1cc(C(=O)N2CCCCC2c2nc3c(c(=O)[nH]2)CN(C(=O)C2CCCC2)CC3)on1. The lowest BCUT2D eigenvalue weighted by molar-refractivity contribution is -0.136. The van der Waals surface area contributed by atoms with Crippen molar-refractivity contribution in [1.29, 1.82) is 0 Å². The highest BCUT2D eigenvalue weighted by molar-refractivity contribution is 5.91. The second-order valence-corrected chi connectivity index (χ2v) is 9.21. The highest BCUT2D eigenvalue weighted by Gasteiger charge is 2.35. The van der Waals surface area contributed by atoms with Crippen LogP contribution < -0.4 is 5.56 Å². The van der Waals surface area contributed by atoms with Crippen LogP contribution >= 0.6 is 0 Å². The minimum absolute atomic E-state index is 0.101. The normalized spacial score (nSPS) is 21.6. The molecule has 1 atom stereocenters. The molecular weight excluding hydrogens is 410 g/mol. The van der Waals surface area contributed by atoms with Gasteiger partial charge in [0.2, 0.25) is 11.7 Å². The van der Waals surface area contributed by atoms with Gasteiger partial charge in [-0.3, -0.25) is 14.4 Å². The lowest BCUT2D eigenvalue weighted by Gasteiger charge is -2.35. The molecule has 2 amide bonds. The number of nitrogens with one attached hydrogen (secondary N) is 1. The third-order valence-corrected chi connectivity index (χ3v) is 7.02. The molecule has 9 nitrogen and oxygen atoms in total. The van der Waals surface area contributed by atoms with Crippen LogP contribution in [0.5, 0.6) is 0 Å². The van der Waals surface area contributed by atoms with Gasteiger partial charge in [-0.15, -0.1) is 0 Å². The zero-order valence-corrected chi connectivity index (χ0v) is 18.4. The van der Waals surface area contributed by atoms with Crippen LogP contribution in [0.1, 0.15) is 84.3 Å². The molecule has 2 aliphatic heterocycles. The summed E-state index contributed by atoms with van der Waals surface area (Å²) in [4.78, 5) is 50.1. The minimum Gasteiger partial charge on any atom is -0.351 e. The standard InChI is InChI=1S/C23H29N5O4/c1-14-12-19(32-26-14)23(31)28-10-5-4-8-18(28)20-24-17-9-11-27(13-16(17)21(29)25-20)22(30)15-6-2-3-7-15/h12,15,18H,2-11,13H2,1H3,(H,24,25,29). The molecule has 2 fully saturated rings. The molecule has 0 spiro atoms. The lowest BCUT2D eigenvalue weighted by Crippen LogP contribution is -2.43. The predicted molar refractivity (Wildman–Crippen MR) is 115 cm³/mol. The van der Waals surface area contributed by atoms with Crippen LogP contribution in [-0.4, -0.2) is 49.8 Å². The van der Waals surface area contributed by atoms with Gasteiger partial charge in [0.15, 0.2) is 0 Å². The molecule has 32 heavy (non-hydrogen) atoms. The maximum Gasteiger partial charge on any atom is 0.293 e. The van der Waals surface area contributed by atoms with E-state index in [-0.39, 0.29) is 35.1 Å². The minimum atomic E-state index is -0.308. The van der Waals surface area contributed by atoms with E-state index in [1.54, 1.807) is 17.9 Å². The van der Waals surface area contributed by atoms with E-state index in [0.717, 1.165) is 50.6 Å². The number of likely N-dealkylation sites (tertiary alicyclic amines) is 1. The largest absolute Gasteiger partial charge is 0.351 e. The molecule has 4 heterocycles. The molecule has 0 bridgehead atoms. The van der Waals surface area contributed by atoms with Gasteiger partial charge in [0, 0.05) is 31.5 Å². The molecular formula is C23H29N5O4. The molecule has 3 aliphatic rings. The summed E-state index contributed by atoms with van der Waals surface area (Å²) in [5.74, 6) is 0.765. The summed E-state index contributed by atoms with van der Waals surface area (Å²) in [6.07, 6.45) is 7.25. The lowest BCUT2D eigenvalue weighted by atomic mass is 9.99. The second kappa shape index (κ2) is 8.52. The number of aromatic nitrogens is 3. The summed E-state index contributed by atoms with van der Waals surface area (Å²) >= 11 is 0. The van der Waals surface area contributed by atoms with Crippen LogP contribution in [0.3, 0.4) is 0 Å². The van der Waals surface area contributed by atoms with Crippen LogP contribution in [0.15, 0.2) is 15.4 Å². The van der Waals surface area contributed by atoms with Crippen LogP contribution in [0.25, 0.3) is 0 Å². The van der Waals surface area contributed by atoms with Crippen molar-refractivity contribution in [2.24, 2.45) is 5.92 Å². The number of aryl methyl sites for hydroxylation is 1. The molecule has 2 aromatic rings. The zero-order chi connectivity index (χ0) is 22.2. The van der Waals surface area contributed by atoms with Gasteiger partial charge < -0.3 is 19.3 Å². The Hall–Kier alpha value is -2.97. The summed E-state index contributed by atoms with van der Waals surface area (Å²) < 4.78 is 5.18. The average Bonchev–Trinajstić information content (AvgIpc) is 3.50. The number of fused-ring (bicyclic) bond motifs is 1. The van der Waals surface area contributed by atoms with Crippen molar-refractivity contribution in [1.82, 2.24) is 24.9 Å². The number of rotatable bonds is 3. The van der Waals surface area contributed by atoms with E-state index >= 15 is 0 Å². The van der Waals surface area contributed by atoms with Gasteiger partial charge in [-0.2, -0.15) is 0 Å². The Bertz CT molecular complexity index is 1080. The van der Waals surface area contributed by atoms with Gasteiger partial charge in [-0.05, 0) is 39.0 Å². The van der Waals surface area contributed by atoms with Gasteiger partial charge in [-0.25, -0.2) is 4.98 Å². The van der Waals surface area contributed by atoms with Crippen LogP contribution in [0, 0.1) is 12.8 Å². The van der Waals surface area contributed by atoms with E-state index in [9.17, 15) is 14.4 Å². The fourth-order valence-electron chi connectivity index (χ4n) is 5.29. The first-order chi connectivity index (χ1) is 15.5. The first kappa shape index (κ1) is 20.9. The topological polar surface area (TPSA) is 112 Å². The average molecular weight is 440 g/mol. The van der Waals surface area contributed by atoms with Gasteiger partial charge >= 0.3 is 0 Å². The van der Waals surface area contributed by atoms with Crippen molar-refractivity contribution in [3.63, 3.8) is 0 Å². The van der Waals surface area contributed by atoms with Gasteiger partial charge in [0.1, 0.15) is 5.82 Å². The number of H-pyrrole nitrogens is 1. The molecule has 2 aromatic heterocycles. The second-order valence-electron chi connectivity index (χ2n) is 9.21. The van der Waals surface area contributed by atoms with Crippen molar-refractivity contribution in [2.45, 2.75) is 70.9 Å². The van der Waals surface area contributed by atoms with E-state index in [1.165, 1.54) is 0 Å². The third kappa shape index (κ3) is 3.84. The Morgan fingerprint density at radius 1 is 1.12 bits per heavy atom. The summed E-state index contributed by atoms with van der Waals surface area (Å²) in [6, 6.07) is 1.32. The van der Waals surface area contributed by atoms with Gasteiger partial charge in [0.25, 0.3) is 11.5 Å². The van der Waals surface area contributed by atoms with E-state index in [2.05, 4.69) is 10.1 Å². The van der Waals surface area contributed by atoms with Crippen LogP contribution in [-0.2, 0) is 17.8 Å². The molecule has 1 saturated heterocycles. The smallest absolute Gasteiger partial charge is 0.293 e. The van der Waals surface area contributed by atoms with Crippen LogP contribution in [0.2, 0.25) is 0 Å². The first-order valence-corrected chi connectivity index (χ1v) is 11.7.